The molecule has 2 unspecified atom stereocenters. The highest BCUT2D eigenvalue weighted by Gasteiger charge is 2.51. The Balaban J connectivity index is 1.81. The van der Waals surface area contributed by atoms with Gasteiger partial charge in [0, 0.05) is 13.1 Å². The number of rotatable bonds is 22. The van der Waals surface area contributed by atoms with Crippen LogP contribution in [0.5, 0.6) is 0 Å². The van der Waals surface area contributed by atoms with E-state index < -0.39 is 0 Å². The van der Waals surface area contributed by atoms with Crippen LogP contribution in [-0.2, 0) is 9.59 Å². The number of nitrogens with zero attached hydrogens (tertiary/aromatic N) is 4. The molecule has 2 aliphatic rings. The summed E-state index contributed by atoms with van der Waals surface area (Å²) in [5.74, 6) is 0.968. The van der Waals surface area contributed by atoms with E-state index in [0.29, 0.717) is 47.2 Å². The molecule has 0 saturated carbocycles. The van der Waals surface area contributed by atoms with E-state index in [1.165, 1.54) is 12.8 Å². The van der Waals surface area contributed by atoms with Gasteiger partial charge in [0.05, 0.1) is 11.1 Å². The lowest BCUT2D eigenvalue weighted by Crippen LogP contribution is -2.34. The number of unbranched alkanes of at least 4 members (excludes halogenated alkanes) is 8. The van der Waals surface area contributed by atoms with Gasteiger partial charge in [0.25, 0.3) is 11.8 Å². The van der Waals surface area contributed by atoms with Crippen molar-refractivity contribution in [3.8, 4) is 12.1 Å². The quantitative estimate of drug-likeness (QED) is 0.117. The highest BCUT2D eigenvalue weighted by Crippen LogP contribution is 2.48. The smallest absolute Gasteiger partial charge is 0.261 e. The summed E-state index contributed by atoms with van der Waals surface area (Å²) >= 11 is 0. The Hall–Kier alpha value is -4.04. The van der Waals surface area contributed by atoms with E-state index >= 15 is 0 Å². The maximum absolute atomic E-state index is 14.7. The second-order valence-electron chi connectivity index (χ2n) is 13.5. The Morgan fingerprint density at radius 1 is 0.562 bits per heavy atom. The number of amides is 2. The predicted octanol–water partition coefficient (Wildman–Crippen LogP) is 9.98. The molecule has 2 aromatic rings. The van der Waals surface area contributed by atoms with Gasteiger partial charge in [0.15, 0.2) is 11.5 Å². The van der Waals surface area contributed by atoms with E-state index in [2.05, 4.69) is 39.8 Å². The van der Waals surface area contributed by atoms with Crippen molar-refractivity contribution in [1.82, 2.24) is 9.80 Å². The second-order valence-corrected chi connectivity index (χ2v) is 13.5. The van der Waals surface area contributed by atoms with Crippen LogP contribution in [0.15, 0.2) is 44.2 Å². The van der Waals surface area contributed by atoms with E-state index in [1.807, 2.05) is 0 Å². The van der Waals surface area contributed by atoms with Crippen LogP contribution in [0.4, 0.5) is 0 Å². The van der Waals surface area contributed by atoms with Crippen LogP contribution in [0.3, 0.4) is 0 Å². The molecular weight excluding hydrogens is 600 g/mol. The Bertz CT molecular complexity index is 1420. The average molecular weight is 655 g/mol. The molecule has 258 valence electrons. The first-order valence-corrected chi connectivity index (χ1v) is 18.5. The van der Waals surface area contributed by atoms with Gasteiger partial charge < -0.3 is 18.6 Å². The van der Waals surface area contributed by atoms with Crippen LogP contribution in [-0.4, -0.2) is 34.7 Å². The van der Waals surface area contributed by atoms with E-state index in [1.54, 1.807) is 34.1 Å². The molecule has 2 atom stereocenters. The molecule has 8 heteroatoms. The minimum Gasteiger partial charge on any atom is -0.444 e. The van der Waals surface area contributed by atoms with Crippen molar-refractivity contribution in [2.45, 2.75) is 130 Å². The van der Waals surface area contributed by atoms with Gasteiger partial charge >= 0.3 is 0 Å². The largest absolute Gasteiger partial charge is 0.444 e. The van der Waals surface area contributed by atoms with Crippen molar-refractivity contribution >= 4 is 23.2 Å². The highest BCUT2D eigenvalue weighted by molar-refractivity contribution is 6.29. The Morgan fingerprint density at radius 2 is 0.938 bits per heavy atom. The van der Waals surface area contributed by atoms with Crippen LogP contribution in [0.25, 0.3) is 11.4 Å². The summed E-state index contributed by atoms with van der Waals surface area (Å²) in [7, 11) is 0. The summed E-state index contributed by atoms with van der Waals surface area (Å²) < 4.78 is 11.9. The van der Waals surface area contributed by atoms with Crippen molar-refractivity contribution in [3.05, 3.63) is 58.5 Å². The molecule has 4 rings (SSSR count). The van der Waals surface area contributed by atoms with Crippen LogP contribution >= 0.6 is 0 Å². The van der Waals surface area contributed by atoms with Crippen molar-refractivity contribution < 1.29 is 18.4 Å². The molecule has 0 fully saturated rings. The van der Waals surface area contributed by atoms with Crippen molar-refractivity contribution in [2.75, 3.05) is 13.1 Å². The average Bonchev–Trinajstić information content (AvgIpc) is 3.88. The van der Waals surface area contributed by atoms with Crippen molar-refractivity contribution in [2.24, 2.45) is 11.8 Å². The summed E-state index contributed by atoms with van der Waals surface area (Å²) in [5.41, 5.74) is 1.50. The molecule has 0 aromatic carbocycles. The lowest BCUT2D eigenvalue weighted by molar-refractivity contribution is -0.124. The molecule has 0 N–H and O–H groups in total. The normalized spacial score (nSPS) is 15.8. The van der Waals surface area contributed by atoms with Gasteiger partial charge in [-0.25, -0.2) is 0 Å². The predicted molar refractivity (Wildman–Crippen MR) is 188 cm³/mol. The molecule has 2 amide bonds. The number of nitriles is 2. The van der Waals surface area contributed by atoms with Crippen LogP contribution in [0.2, 0.25) is 0 Å². The fraction of sp³-hybridized carbons (Fsp3) is 0.600. The summed E-state index contributed by atoms with van der Waals surface area (Å²) in [4.78, 5) is 32.9. The summed E-state index contributed by atoms with van der Waals surface area (Å²) in [5, 5.41) is 19.2. The molecule has 0 spiro atoms. The molecule has 0 aliphatic carbocycles. The van der Waals surface area contributed by atoms with E-state index in [4.69, 9.17) is 8.83 Å². The number of furan rings is 2. The number of fused-ring (bicyclic) bond motifs is 1. The lowest BCUT2D eigenvalue weighted by atomic mass is 9.94. The van der Waals surface area contributed by atoms with Gasteiger partial charge in [0.1, 0.15) is 23.5 Å². The molecule has 4 heterocycles. The number of carbonyl (C=O) groups excluding carboxylic acids is 2. The van der Waals surface area contributed by atoms with Gasteiger partial charge in [-0.3, -0.25) is 9.59 Å². The number of hydrogen-bond acceptors (Lipinski definition) is 6. The third-order valence-corrected chi connectivity index (χ3v) is 9.83. The molecule has 0 saturated heterocycles. The van der Waals surface area contributed by atoms with Crippen molar-refractivity contribution in [3.63, 3.8) is 0 Å². The first kappa shape index (κ1) is 36.8. The van der Waals surface area contributed by atoms with E-state index in [9.17, 15) is 20.1 Å². The summed E-state index contributed by atoms with van der Waals surface area (Å²) in [6, 6.07) is 10.7. The molecule has 8 nitrogen and oxygen atoms in total. The number of carbonyl (C=O) groups is 2. The molecular formula is C40H54N4O4. The zero-order valence-corrected chi connectivity index (χ0v) is 29.6. The highest BCUT2D eigenvalue weighted by atomic mass is 16.3. The van der Waals surface area contributed by atoms with E-state index in [0.717, 1.165) is 89.9 Å². The van der Waals surface area contributed by atoms with Gasteiger partial charge in [-0.15, -0.1) is 0 Å². The first-order chi connectivity index (χ1) is 23.4. The SMILES string of the molecule is CCCCCCC(CCCC)CN1C(=O)C2=C(c3ccc(C#N)o3)N(CC(CCCC)CCCCCC)C(=O)C2=C1c1ccc(C#N)o1. The zero-order valence-electron chi connectivity index (χ0n) is 29.6. The van der Waals surface area contributed by atoms with Crippen LogP contribution in [0.1, 0.15) is 153 Å². The van der Waals surface area contributed by atoms with E-state index in [-0.39, 0.29) is 35.2 Å². The summed E-state index contributed by atoms with van der Waals surface area (Å²) in [6.07, 6.45) is 17.4. The van der Waals surface area contributed by atoms with Gasteiger partial charge in [0.2, 0.25) is 11.5 Å². The molecule has 0 radical (unpaired) electrons. The fourth-order valence-electron chi connectivity index (χ4n) is 7.18. The minimum absolute atomic E-state index is 0.129. The fourth-order valence-corrected chi connectivity index (χ4v) is 7.18. The molecule has 0 bridgehead atoms. The molecule has 48 heavy (non-hydrogen) atoms. The topological polar surface area (TPSA) is 114 Å². The number of hydrogen-bond donors (Lipinski definition) is 0. The Morgan fingerprint density at radius 3 is 1.27 bits per heavy atom. The Labute approximate surface area is 287 Å². The molecule has 2 aromatic heterocycles. The van der Waals surface area contributed by atoms with Crippen LogP contribution < -0.4 is 0 Å². The van der Waals surface area contributed by atoms with Gasteiger partial charge in [-0.05, 0) is 61.8 Å². The molecule has 2 aliphatic heterocycles. The van der Waals surface area contributed by atoms with Gasteiger partial charge in [-0.1, -0.05) is 105 Å². The lowest BCUT2D eigenvalue weighted by Gasteiger charge is -2.29. The minimum atomic E-state index is -0.251. The summed E-state index contributed by atoms with van der Waals surface area (Å²) in [6.45, 7) is 9.70. The second kappa shape index (κ2) is 18.5. The van der Waals surface area contributed by atoms with Crippen molar-refractivity contribution in [1.29, 1.82) is 10.5 Å². The van der Waals surface area contributed by atoms with Crippen LogP contribution in [0, 0.1) is 34.5 Å². The van der Waals surface area contributed by atoms with Gasteiger partial charge in [-0.2, -0.15) is 10.5 Å². The standard InChI is InChI=1S/C40H54N4O4/c1-5-9-13-15-19-29(17-11-7-3)27-43-37(33-23-21-31(25-41)47-33)35-36(39(43)45)38(34-24-22-32(26-42)48-34)44(40(35)46)28-30(18-12-8-4)20-16-14-10-6-2/h21-24,29-30H,5-20,27-28H2,1-4H3. The first-order valence-electron chi connectivity index (χ1n) is 18.5. The zero-order chi connectivity index (χ0) is 34.5. The monoisotopic (exact) mass is 654 g/mol. The maximum atomic E-state index is 14.7. The maximum Gasteiger partial charge on any atom is 0.261 e. The third-order valence-electron chi connectivity index (χ3n) is 9.83. The third kappa shape index (κ3) is 8.70. The Kier molecular flexibility index (Phi) is 14.2.